The van der Waals surface area contributed by atoms with Crippen LogP contribution in [0.3, 0.4) is 0 Å². The summed E-state index contributed by atoms with van der Waals surface area (Å²) >= 11 is 0. The molecule has 0 saturated carbocycles. The van der Waals surface area contributed by atoms with Crippen LogP contribution in [-0.4, -0.2) is 33.9 Å². The standard InChI is InChI=1S/C20H20O6/c1-5-25-20(21)18-15-10-12(22-2)7-9-16(15)26-19(18)14-8-6-13(23-3)11-17(14)24-4/h6-11H,5H2,1-4H3. The number of methoxy groups -OCH3 is 3. The minimum Gasteiger partial charge on any atom is -0.497 e. The maximum Gasteiger partial charge on any atom is 0.342 e. The van der Waals surface area contributed by atoms with E-state index in [2.05, 4.69) is 0 Å². The average Bonchev–Trinajstić information content (AvgIpc) is 3.05. The fourth-order valence-electron chi connectivity index (χ4n) is 2.79. The molecule has 0 aliphatic carbocycles. The number of carbonyl (C=O) groups excluding carboxylic acids is 1. The molecule has 3 rings (SSSR count). The topological polar surface area (TPSA) is 67.1 Å². The quantitative estimate of drug-likeness (QED) is 0.614. The molecule has 136 valence electrons. The molecular weight excluding hydrogens is 336 g/mol. The van der Waals surface area contributed by atoms with Crippen LogP contribution in [0.1, 0.15) is 17.3 Å². The van der Waals surface area contributed by atoms with Gasteiger partial charge in [0.1, 0.15) is 28.4 Å². The first-order valence-corrected chi connectivity index (χ1v) is 8.13. The van der Waals surface area contributed by atoms with E-state index in [1.165, 1.54) is 0 Å². The number of carbonyl (C=O) groups is 1. The highest BCUT2D eigenvalue weighted by Crippen LogP contribution is 2.41. The highest BCUT2D eigenvalue weighted by molar-refractivity contribution is 6.09. The van der Waals surface area contributed by atoms with Gasteiger partial charge < -0.3 is 23.4 Å². The Labute approximate surface area is 151 Å². The first kappa shape index (κ1) is 17.7. The summed E-state index contributed by atoms with van der Waals surface area (Å²) in [5.41, 5.74) is 1.53. The summed E-state index contributed by atoms with van der Waals surface area (Å²) in [5.74, 6) is 1.71. The third-order valence-corrected chi connectivity index (χ3v) is 4.03. The van der Waals surface area contributed by atoms with Gasteiger partial charge in [0, 0.05) is 11.5 Å². The Morgan fingerprint density at radius 1 is 0.962 bits per heavy atom. The summed E-state index contributed by atoms with van der Waals surface area (Å²) in [6, 6.07) is 10.6. The number of rotatable bonds is 6. The number of fused-ring (bicyclic) bond motifs is 1. The number of ether oxygens (including phenoxy) is 4. The van der Waals surface area contributed by atoms with Crippen LogP contribution >= 0.6 is 0 Å². The van der Waals surface area contributed by atoms with Gasteiger partial charge in [-0.2, -0.15) is 0 Å². The van der Waals surface area contributed by atoms with Crippen LogP contribution in [0.15, 0.2) is 40.8 Å². The van der Waals surface area contributed by atoms with Crippen LogP contribution < -0.4 is 14.2 Å². The van der Waals surface area contributed by atoms with Gasteiger partial charge in [-0.05, 0) is 37.3 Å². The molecule has 26 heavy (non-hydrogen) atoms. The molecule has 0 N–H and O–H groups in total. The molecule has 1 aromatic heterocycles. The van der Waals surface area contributed by atoms with Gasteiger partial charge in [0.25, 0.3) is 0 Å². The van der Waals surface area contributed by atoms with Crippen molar-refractivity contribution in [3.8, 4) is 28.6 Å². The van der Waals surface area contributed by atoms with Gasteiger partial charge in [0.2, 0.25) is 0 Å². The van der Waals surface area contributed by atoms with Crippen LogP contribution in [0.4, 0.5) is 0 Å². The maximum atomic E-state index is 12.6. The summed E-state index contributed by atoms with van der Waals surface area (Å²) in [6.07, 6.45) is 0. The minimum atomic E-state index is -0.465. The molecule has 0 aliphatic heterocycles. The normalized spacial score (nSPS) is 10.6. The van der Waals surface area contributed by atoms with Crippen LogP contribution in [0, 0.1) is 0 Å². The maximum absolute atomic E-state index is 12.6. The van der Waals surface area contributed by atoms with E-state index < -0.39 is 5.97 Å². The van der Waals surface area contributed by atoms with E-state index in [4.69, 9.17) is 23.4 Å². The Morgan fingerprint density at radius 3 is 2.31 bits per heavy atom. The summed E-state index contributed by atoms with van der Waals surface area (Å²) in [6.45, 7) is 2.02. The Morgan fingerprint density at radius 2 is 1.65 bits per heavy atom. The summed E-state index contributed by atoms with van der Waals surface area (Å²) in [5, 5.41) is 0.621. The zero-order valence-corrected chi connectivity index (χ0v) is 15.1. The monoisotopic (exact) mass is 356 g/mol. The van der Waals surface area contributed by atoms with Crippen molar-refractivity contribution in [3.63, 3.8) is 0 Å². The predicted octanol–water partition coefficient (Wildman–Crippen LogP) is 4.30. The molecule has 0 unspecified atom stereocenters. The first-order valence-electron chi connectivity index (χ1n) is 8.13. The molecule has 0 atom stereocenters. The van der Waals surface area contributed by atoms with Gasteiger partial charge in [-0.25, -0.2) is 4.79 Å². The molecule has 6 nitrogen and oxygen atoms in total. The van der Waals surface area contributed by atoms with Crippen molar-refractivity contribution < 1.29 is 28.2 Å². The summed E-state index contributed by atoms with van der Waals surface area (Å²) in [7, 11) is 4.69. The average molecular weight is 356 g/mol. The summed E-state index contributed by atoms with van der Waals surface area (Å²) in [4.78, 5) is 12.6. The van der Waals surface area contributed by atoms with Gasteiger partial charge in [0.05, 0.1) is 33.5 Å². The SMILES string of the molecule is CCOC(=O)c1c(-c2ccc(OC)cc2OC)oc2ccc(OC)cc12. The van der Waals surface area contributed by atoms with Crippen molar-refractivity contribution in [3.05, 3.63) is 42.0 Å². The van der Waals surface area contributed by atoms with Crippen molar-refractivity contribution in [1.29, 1.82) is 0 Å². The summed E-state index contributed by atoms with van der Waals surface area (Å²) < 4.78 is 27.2. The fraction of sp³-hybridized carbons (Fsp3) is 0.250. The van der Waals surface area contributed by atoms with Crippen molar-refractivity contribution in [2.75, 3.05) is 27.9 Å². The first-order chi connectivity index (χ1) is 12.6. The Bertz CT molecular complexity index is 941. The lowest BCUT2D eigenvalue weighted by atomic mass is 10.0. The Kier molecular flexibility index (Phi) is 5.02. The van der Waals surface area contributed by atoms with Crippen LogP contribution in [0.5, 0.6) is 17.2 Å². The van der Waals surface area contributed by atoms with Gasteiger partial charge in [-0.3, -0.25) is 0 Å². The third-order valence-electron chi connectivity index (χ3n) is 4.03. The number of benzene rings is 2. The van der Waals surface area contributed by atoms with E-state index in [9.17, 15) is 4.79 Å². The van der Waals surface area contributed by atoms with Gasteiger partial charge in [-0.1, -0.05) is 0 Å². The van der Waals surface area contributed by atoms with E-state index in [1.807, 2.05) is 0 Å². The highest BCUT2D eigenvalue weighted by atomic mass is 16.5. The lowest BCUT2D eigenvalue weighted by Crippen LogP contribution is -2.05. The molecule has 3 aromatic rings. The molecule has 0 amide bonds. The molecule has 0 radical (unpaired) electrons. The van der Waals surface area contributed by atoms with Crippen LogP contribution in [0.2, 0.25) is 0 Å². The second-order valence-corrected chi connectivity index (χ2v) is 5.45. The molecule has 6 heteroatoms. The van der Waals surface area contributed by atoms with Crippen LogP contribution in [0.25, 0.3) is 22.3 Å². The number of furan rings is 1. The van der Waals surface area contributed by atoms with E-state index >= 15 is 0 Å². The minimum absolute atomic E-state index is 0.259. The molecule has 0 aliphatic rings. The van der Waals surface area contributed by atoms with Gasteiger partial charge >= 0.3 is 5.97 Å². The van der Waals surface area contributed by atoms with E-state index in [1.54, 1.807) is 64.7 Å². The van der Waals surface area contributed by atoms with Crippen LogP contribution in [-0.2, 0) is 4.74 Å². The van der Waals surface area contributed by atoms with Crippen molar-refractivity contribution >= 4 is 16.9 Å². The molecule has 0 fully saturated rings. The predicted molar refractivity (Wildman–Crippen MR) is 97.3 cm³/mol. The highest BCUT2D eigenvalue weighted by Gasteiger charge is 2.26. The number of hydrogen-bond acceptors (Lipinski definition) is 6. The molecular formula is C20H20O6. The molecule has 0 saturated heterocycles. The lowest BCUT2D eigenvalue weighted by molar-refractivity contribution is 0.0529. The van der Waals surface area contributed by atoms with E-state index in [0.29, 0.717) is 45.1 Å². The van der Waals surface area contributed by atoms with Crippen molar-refractivity contribution in [2.45, 2.75) is 6.92 Å². The van der Waals surface area contributed by atoms with Gasteiger partial charge in [0.15, 0.2) is 5.76 Å². The number of hydrogen-bond donors (Lipinski definition) is 0. The second-order valence-electron chi connectivity index (χ2n) is 5.45. The number of esters is 1. The zero-order chi connectivity index (χ0) is 18.7. The zero-order valence-electron chi connectivity index (χ0n) is 15.1. The molecule has 0 spiro atoms. The van der Waals surface area contributed by atoms with Gasteiger partial charge in [-0.15, -0.1) is 0 Å². The Hall–Kier alpha value is -3.15. The lowest BCUT2D eigenvalue weighted by Gasteiger charge is -2.10. The fourth-order valence-corrected chi connectivity index (χ4v) is 2.79. The largest absolute Gasteiger partial charge is 0.497 e. The second kappa shape index (κ2) is 7.39. The van der Waals surface area contributed by atoms with E-state index in [0.717, 1.165) is 0 Å². The van der Waals surface area contributed by atoms with E-state index in [-0.39, 0.29) is 6.61 Å². The molecule has 0 bridgehead atoms. The smallest absolute Gasteiger partial charge is 0.342 e. The van der Waals surface area contributed by atoms with Crippen molar-refractivity contribution in [2.24, 2.45) is 0 Å². The molecule has 2 aromatic carbocycles. The molecule has 1 heterocycles. The van der Waals surface area contributed by atoms with Crippen molar-refractivity contribution in [1.82, 2.24) is 0 Å². The Balaban J connectivity index is 2.28. The third kappa shape index (κ3) is 3.06.